The van der Waals surface area contributed by atoms with Crippen LogP contribution in [-0.4, -0.2) is 28.7 Å². The normalized spacial score (nSPS) is 26.1. The van der Waals surface area contributed by atoms with Crippen LogP contribution in [0.15, 0.2) is 12.4 Å². The zero-order chi connectivity index (χ0) is 11.9. The fourth-order valence-corrected chi connectivity index (χ4v) is 3.06. The second-order valence-corrected chi connectivity index (χ2v) is 5.32. The zero-order valence-electron chi connectivity index (χ0n) is 10.3. The summed E-state index contributed by atoms with van der Waals surface area (Å²) in [5.74, 6) is 0.575. The fraction of sp³-hybridized carbons (Fsp3) is 0.692. The van der Waals surface area contributed by atoms with Gasteiger partial charge >= 0.3 is 0 Å². The first-order valence-corrected chi connectivity index (χ1v) is 6.52. The van der Waals surface area contributed by atoms with E-state index in [0.29, 0.717) is 11.2 Å². The highest BCUT2D eigenvalue weighted by Gasteiger charge is 2.57. The number of nitrogens with one attached hydrogen (secondary N) is 1. The summed E-state index contributed by atoms with van der Waals surface area (Å²) in [5, 5.41) is 7.55. The Morgan fingerprint density at radius 3 is 3.00 bits per heavy atom. The van der Waals surface area contributed by atoms with Crippen LogP contribution in [0, 0.1) is 11.3 Å². The van der Waals surface area contributed by atoms with Crippen LogP contribution in [0.1, 0.15) is 36.5 Å². The molecule has 4 heteroatoms. The van der Waals surface area contributed by atoms with Gasteiger partial charge in [-0.1, -0.05) is 0 Å². The van der Waals surface area contributed by atoms with Crippen LogP contribution in [0.5, 0.6) is 0 Å². The number of hydrogen-bond donors (Lipinski definition) is 1. The Labute approximate surface area is 101 Å². The molecule has 1 unspecified atom stereocenters. The van der Waals surface area contributed by atoms with Gasteiger partial charge in [-0.05, 0) is 44.7 Å². The number of carbonyl (C=O) groups is 1. The molecule has 1 saturated heterocycles. The van der Waals surface area contributed by atoms with E-state index in [1.165, 1.54) is 0 Å². The molecule has 4 nitrogen and oxygen atoms in total. The highest BCUT2D eigenvalue weighted by atomic mass is 16.1. The van der Waals surface area contributed by atoms with E-state index in [1.54, 1.807) is 6.20 Å². The Hall–Kier alpha value is -1.16. The summed E-state index contributed by atoms with van der Waals surface area (Å²) in [6, 6.07) is 0. The van der Waals surface area contributed by atoms with Crippen molar-refractivity contribution >= 4 is 5.78 Å². The Morgan fingerprint density at radius 2 is 2.35 bits per heavy atom. The van der Waals surface area contributed by atoms with E-state index in [-0.39, 0.29) is 5.92 Å². The first-order chi connectivity index (χ1) is 8.25. The smallest absolute Gasteiger partial charge is 0.169 e. The summed E-state index contributed by atoms with van der Waals surface area (Å²) in [4.78, 5) is 12.3. The number of ketones is 1. The molecule has 1 aliphatic carbocycles. The van der Waals surface area contributed by atoms with Crippen LogP contribution in [-0.2, 0) is 6.54 Å². The Balaban J connectivity index is 1.71. The Bertz CT molecular complexity index is 432. The predicted octanol–water partition coefficient (Wildman–Crippen LogP) is 1.48. The van der Waals surface area contributed by atoms with Crippen molar-refractivity contribution in [2.24, 2.45) is 11.3 Å². The van der Waals surface area contributed by atoms with Gasteiger partial charge in [-0.3, -0.25) is 9.48 Å². The lowest BCUT2D eigenvalue weighted by Crippen LogP contribution is -2.30. The standard InChI is InChI=1S/C13H19N3O/c1-2-16-9-10(8-15-16)12(17)11-7-13(11)3-5-14-6-4-13/h8-9,11,14H,2-7H2,1H3. The van der Waals surface area contributed by atoms with E-state index in [2.05, 4.69) is 10.4 Å². The van der Waals surface area contributed by atoms with Gasteiger partial charge in [-0.15, -0.1) is 0 Å². The van der Waals surface area contributed by atoms with Crippen LogP contribution in [0.4, 0.5) is 0 Å². The Morgan fingerprint density at radius 1 is 1.59 bits per heavy atom. The number of rotatable bonds is 3. The fourth-order valence-electron chi connectivity index (χ4n) is 3.06. The van der Waals surface area contributed by atoms with Gasteiger partial charge in [0.2, 0.25) is 0 Å². The first-order valence-electron chi connectivity index (χ1n) is 6.52. The lowest BCUT2D eigenvalue weighted by atomic mass is 9.90. The maximum Gasteiger partial charge on any atom is 0.169 e. The highest BCUT2D eigenvalue weighted by Crippen LogP contribution is 2.59. The summed E-state index contributed by atoms with van der Waals surface area (Å²) < 4.78 is 1.82. The lowest BCUT2D eigenvalue weighted by Gasteiger charge is -2.22. The molecule has 1 aromatic rings. The van der Waals surface area contributed by atoms with Crippen molar-refractivity contribution in [3.8, 4) is 0 Å². The van der Waals surface area contributed by atoms with E-state index in [0.717, 1.165) is 44.5 Å². The molecule has 0 amide bonds. The molecule has 0 aromatic carbocycles. The minimum Gasteiger partial charge on any atom is -0.317 e. The molecule has 2 heterocycles. The van der Waals surface area contributed by atoms with Crippen molar-refractivity contribution < 1.29 is 4.79 Å². The molecule has 2 fully saturated rings. The van der Waals surface area contributed by atoms with E-state index >= 15 is 0 Å². The molecule has 1 N–H and O–H groups in total. The number of carbonyl (C=O) groups excluding carboxylic acids is 1. The summed E-state index contributed by atoms with van der Waals surface area (Å²) in [5.41, 5.74) is 1.13. The van der Waals surface area contributed by atoms with Gasteiger partial charge in [0.15, 0.2) is 5.78 Å². The predicted molar refractivity (Wildman–Crippen MR) is 64.9 cm³/mol. The van der Waals surface area contributed by atoms with E-state index in [4.69, 9.17) is 0 Å². The summed E-state index contributed by atoms with van der Waals surface area (Å²) in [6.45, 7) is 5.00. The monoisotopic (exact) mass is 233 g/mol. The molecule has 17 heavy (non-hydrogen) atoms. The average molecular weight is 233 g/mol. The maximum absolute atomic E-state index is 12.3. The summed E-state index contributed by atoms with van der Waals surface area (Å²) in [6.07, 6.45) is 7.01. The van der Waals surface area contributed by atoms with E-state index in [9.17, 15) is 4.79 Å². The van der Waals surface area contributed by atoms with E-state index < -0.39 is 0 Å². The van der Waals surface area contributed by atoms with Crippen molar-refractivity contribution in [3.63, 3.8) is 0 Å². The van der Waals surface area contributed by atoms with Crippen LogP contribution >= 0.6 is 0 Å². The first kappa shape index (κ1) is 11.0. The van der Waals surface area contributed by atoms with E-state index in [1.807, 2.05) is 17.8 Å². The molecule has 2 aliphatic rings. The molecule has 92 valence electrons. The molecule has 0 radical (unpaired) electrons. The molecule has 1 aromatic heterocycles. The molecular weight excluding hydrogens is 214 g/mol. The van der Waals surface area contributed by atoms with Gasteiger partial charge in [0.05, 0.1) is 11.8 Å². The van der Waals surface area contributed by atoms with Gasteiger partial charge in [-0.25, -0.2) is 0 Å². The van der Waals surface area contributed by atoms with Crippen LogP contribution in [0.2, 0.25) is 0 Å². The third kappa shape index (κ3) is 1.80. The number of piperidine rings is 1. The van der Waals surface area contributed by atoms with Crippen molar-refractivity contribution in [1.29, 1.82) is 0 Å². The number of nitrogens with zero attached hydrogens (tertiary/aromatic N) is 2. The number of aryl methyl sites for hydroxylation is 1. The second-order valence-electron chi connectivity index (χ2n) is 5.32. The maximum atomic E-state index is 12.3. The van der Waals surface area contributed by atoms with Gasteiger partial charge in [0, 0.05) is 18.7 Å². The lowest BCUT2D eigenvalue weighted by molar-refractivity contribution is 0.0940. The van der Waals surface area contributed by atoms with Crippen molar-refractivity contribution in [2.75, 3.05) is 13.1 Å². The van der Waals surface area contributed by atoms with Gasteiger partial charge < -0.3 is 5.32 Å². The summed E-state index contributed by atoms with van der Waals surface area (Å²) >= 11 is 0. The minimum absolute atomic E-state index is 0.263. The van der Waals surface area contributed by atoms with Crippen molar-refractivity contribution in [1.82, 2.24) is 15.1 Å². The Kier molecular flexibility index (Phi) is 2.54. The molecular formula is C13H19N3O. The SMILES string of the molecule is CCn1cc(C(=O)C2CC23CCNCC3)cn1. The molecule has 3 rings (SSSR count). The molecule has 1 saturated carbocycles. The van der Waals surface area contributed by atoms with Crippen LogP contribution in [0.3, 0.4) is 0 Å². The van der Waals surface area contributed by atoms with Crippen molar-refractivity contribution in [2.45, 2.75) is 32.7 Å². The number of hydrogen-bond acceptors (Lipinski definition) is 3. The minimum atomic E-state index is 0.263. The van der Waals surface area contributed by atoms with Gasteiger partial charge in [0.1, 0.15) is 0 Å². The topological polar surface area (TPSA) is 46.9 Å². The third-order valence-corrected chi connectivity index (χ3v) is 4.35. The van der Waals surface area contributed by atoms with Crippen molar-refractivity contribution in [3.05, 3.63) is 18.0 Å². The van der Waals surface area contributed by atoms with Gasteiger partial charge in [0.25, 0.3) is 0 Å². The molecule has 1 atom stereocenters. The third-order valence-electron chi connectivity index (χ3n) is 4.35. The zero-order valence-corrected chi connectivity index (χ0v) is 10.3. The highest BCUT2D eigenvalue weighted by molar-refractivity contribution is 5.99. The summed E-state index contributed by atoms with van der Waals surface area (Å²) in [7, 11) is 0. The van der Waals surface area contributed by atoms with Crippen LogP contribution in [0.25, 0.3) is 0 Å². The number of aromatic nitrogens is 2. The van der Waals surface area contributed by atoms with Crippen LogP contribution < -0.4 is 5.32 Å². The molecule has 0 bridgehead atoms. The number of Topliss-reactive ketones (excluding diaryl/α,β-unsaturated/α-hetero) is 1. The molecule has 1 aliphatic heterocycles. The quantitative estimate of drug-likeness (QED) is 0.804. The molecule has 1 spiro atoms. The second kappa shape index (κ2) is 3.95. The van der Waals surface area contributed by atoms with Gasteiger partial charge in [-0.2, -0.15) is 5.10 Å². The largest absolute Gasteiger partial charge is 0.317 e. The average Bonchev–Trinajstić information content (AvgIpc) is 2.86.